The minimum atomic E-state index is -0.404. The molecule has 0 spiro atoms. The van der Waals surface area contributed by atoms with Gasteiger partial charge in [0.2, 0.25) is 5.91 Å². The molecule has 2 aromatic carbocycles. The van der Waals surface area contributed by atoms with Crippen LogP contribution in [-0.2, 0) is 9.53 Å². The number of carbonyl (C=O) groups excluding carboxylic acids is 1. The van der Waals surface area contributed by atoms with Crippen LogP contribution >= 0.6 is 12.2 Å². The molecule has 42 heavy (non-hydrogen) atoms. The van der Waals surface area contributed by atoms with Gasteiger partial charge in [0.25, 0.3) is 5.69 Å². The van der Waals surface area contributed by atoms with E-state index < -0.39 is 4.92 Å². The molecule has 12 heteroatoms. The predicted octanol–water partition coefficient (Wildman–Crippen LogP) is 5.17. The van der Waals surface area contributed by atoms with Gasteiger partial charge in [-0.25, -0.2) is 0 Å². The molecule has 216 valence electrons. The van der Waals surface area contributed by atoms with Gasteiger partial charge in [0.05, 0.1) is 35.9 Å². The second-order valence-corrected chi connectivity index (χ2v) is 10.2. The van der Waals surface area contributed by atoms with Crippen molar-refractivity contribution in [1.29, 1.82) is 0 Å². The Hall–Kier alpha value is -4.81. The molecular weight excluding hydrogens is 556 g/mol. The number of rotatable bonds is 9. The predicted molar refractivity (Wildman–Crippen MR) is 163 cm³/mol. The molecule has 0 bridgehead atoms. The molecule has 1 fully saturated rings. The normalized spacial score (nSPS) is 16.3. The number of thiocarbonyl (C=S) groups is 1. The Labute approximate surface area is 248 Å². The number of nitrogens with zero attached hydrogens (tertiary/aromatic N) is 4. The second kappa shape index (κ2) is 12.0. The molecule has 1 saturated heterocycles. The summed E-state index contributed by atoms with van der Waals surface area (Å²) < 4.78 is 12.0. The number of nitro groups is 1. The van der Waals surface area contributed by atoms with E-state index in [0.717, 1.165) is 28.3 Å². The van der Waals surface area contributed by atoms with E-state index in [-0.39, 0.29) is 30.3 Å². The lowest BCUT2D eigenvalue weighted by molar-refractivity contribution is -0.384. The van der Waals surface area contributed by atoms with Gasteiger partial charge in [-0.2, -0.15) is 0 Å². The maximum Gasteiger partial charge on any atom is 0.296 e. The molecule has 0 aliphatic carbocycles. The first-order chi connectivity index (χ1) is 20.2. The van der Waals surface area contributed by atoms with Crippen LogP contribution in [0, 0.1) is 24.0 Å². The average Bonchev–Trinajstić information content (AvgIpc) is 3.48. The molecule has 3 heterocycles. The van der Waals surface area contributed by atoms with E-state index in [9.17, 15) is 14.9 Å². The Bertz CT molecular complexity index is 1640. The van der Waals surface area contributed by atoms with Crippen molar-refractivity contribution in [1.82, 2.24) is 14.9 Å². The number of nitrogens with one attached hydrogen (secondary N) is 2. The van der Waals surface area contributed by atoms with Crippen LogP contribution in [0.25, 0.3) is 5.69 Å². The van der Waals surface area contributed by atoms with Crippen LogP contribution < -0.4 is 20.3 Å². The zero-order chi connectivity index (χ0) is 30.0. The summed E-state index contributed by atoms with van der Waals surface area (Å²) in [6.45, 7) is 3.82. The maximum atomic E-state index is 12.1. The second-order valence-electron chi connectivity index (χ2n) is 9.80. The van der Waals surface area contributed by atoms with Gasteiger partial charge in [-0.3, -0.25) is 19.9 Å². The van der Waals surface area contributed by atoms with E-state index in [1.165, 1.54) is 20.3 Å². The van der Waals surface area contributed by atoms with Gasteiger partial charge in [0.1, 0.15) is 18.0 Å². The van der Waals surface area contributed by atoms with Crippen LogP contribution in [0.1, 0.15) is 34.7 Å². The number of amides is 1. The van der Waals surface area contributed by atoms with Crippen molar-refractivity contribution in [2.45, 2.75) is 25.9 Å². The summed E-state index contributed by atoms with van der Waals surface area (Å²) in [4.78, 5) is 30.3. The summed E-state index contributed by atoms with van der Waals surface area (Å²) in [7, 11) is 2.94. The molecule has 1 aliphatic heterocycles. The summed E-state index contributed by atoms with van der Waals surface area (Å²) in [5.74, 6) is 0.151. The Morgan fingerprint density at radius 1 is 1.12 bits per heavy atom. The van der Waals surface area contributed by atoms with E-state index in [2.05, 4.69) is 15.6 Å². The van der Waals surface area contributed by atoms with Crippen LogP contribution in [0.2, 0.25) is 0 Å². The maximum absolute atomic E-state index is 12.1. The first-order valence-electron chi connectivity index (χ1n) is 13.1. The first kappa shape index (κ1) is 28.7. The standard InChI is InChI=1S/C30H30N6O5S/c1-18-15-23(19(2)34(18)25-13-12-22(41-4)16-26(25)36(38)39)29-28(24-7-5-6-14-31-24)33-30(42)35(29)21-10-8-20(9-11-21)32-27(37)17-40-3/h5-16,28-29H,17H2,1-4H3,(H,32,37)(H,33,42)/t28-,29+/m1/s1. The van der Waals surface area contributed by atoms with Gasteiger partial charge in [-0.05, 0) is 86.2 Å². The van der Waals surface area contributed by atoms with Crippen molar-refractivity contribution in [3.63, 3.8) is 0 Å². The van der Waals surface area contributed by atoms with Gasteiger partial charge >= 0.3 is 0 Å². The summed E-state index contributed by atoms with van der Waals surface area (Å²) in [6, 6.07) is 19.3. The van der Waals surface area contributed by atoms with Gasteiger partial charge in [0, 0.05) is 36.1 Å². The largest absolute Gasteiger partial charge is 0.496 e. The molecule has 0 radical (unpaired) electrons. The number of hydrogen-bond acceptors (Lipinski definition) is 7. The molecule has 0 saturated carbocycles. The number of aryl methyl sites for hydroxylation is 1. The van der Waals surface area contributed by atoms with Crippen LogP contribution in [0.3, 0.4) is 0 Å². The molecule has 1 amide bonds. The molecule has 4 aromatic rings. The van der Waals surface area contributed by atoms with Crippen molar-refractivity contribution >= 4 is 40.3 Å². The van der Waals surface area contributed by atoms with Gasteiger partial charge < -0.3 is 29.6 Å². The SMILES string of the molecule is COCC(=O)Nc1ccc(N2C(=S)N[C@H](c3ccccn3)[C@@H]2c2cc(C)n(-c3ccc(OC)cc3[N+](=O)[O-])c2C)cc1. The van der Waals surface area contributed by atoms with E-state index in [1.807, 2.05) is 59.7 Å². The molecule has 0 unspecified atom stereocenters. The minimum absolute atomic E-state index is 0.0440. The molecule has 2 aromatic heterocycles. The van der Waals surface area contributed by atoms with Gasteiger partial charge in [0.15, 0.2) is 5.11 Å². The van der Waals surface area contributed by atoms with Crippen LogP contribution in [0.5, 0.6) is 5.75 Å². The van der Waals surface area contributed by atoms with Crippen molar-refractivity contribution in [2.75, 3.05) is 31.0 Å². The highest BCUT2D eigenvalue weighted by molar-refractivity contribution is 7.80. The zero-order valence-corrected chi connectivity index (χ0v) is 24.3. The lowest BCUT2D eigenvalue weighted by Crippen LogP contribution is -2.29. The number of pyridine rings is 1. The van der Waals surface area contributed by atoms with Crippen LogP contribution in [0.15, 0.2) is 72.9 Å². The van der Waals surface area contributed by atoms with E-state index in [0.29, 0.717) is 22.2 Å². The fraction of sp³-hybridized carbons (Fsp3) is 0.233. The first-order valence-corrected chi connectivity index (χ1v) is 13.6. The Morgan fingerprint density at radius 3 is 2.52 bits per heavy atom. The third-order valence-corrected chi connectivity index (χ3v) is 7.53. The number of anilines is 2. The average molecular weight is 587 g/mol. The smallest absolute Gasteiger partial charge is 0.296 e. The van der Waals surface area contributed by atoms with Gasteiger partial charge in [-0.15, -0.1) is 0 Å². The van der Waals surface area contributed by atoms with Crippen molar-refractivity contribution in [2.24, 2.45) is 0 Å². The van der Waals surface area contributed by atoms with E-state index in [1.54, 1.807) is 30.5 Å². The highest BCUT2D eigenvalue weighted by Crippen LogP contribution is 2.44. The third-order valence-electron chi connectivity index (χ3n) is 7.21. The lowest BCUT2D eigenvalue weighted by atomic mass is 9.96. The number of aromatic nitrogens is 2. The van der Waals surface area contributed by atoms with Gasteiger partial charge in [-0.1, -0.05) is 6.07 Å². The minimum Gasteiger partial charge on any atom is -0.496 e. The lowest BCUT2D eigenvalue weighted by Gasteiger charge is -2.28. The summed E-state index contributed by atoms with van der Waals surface area (Å²) in [5.41, 5.74) is 5.19. The molecule has 5 rings (SSSR count). The molecule has 2 N–H and O–H groups in total. The fourth-order valence-corrected chi connectivity index (χ4v) is 5.75. The fourth-order valence-electron chi connectivity index (χ4n) is 5.41. The Balaban J connectivity index is 1.62. The van der Waals surface area contributed by atoms with E-state index >= 15 is 0 Å². The number of nitro benzene ring substituents is 1. The monoisotopic (exact) mass is 586 g/mol. The van der Waals surface area contributed by atoms with Crippen molar-refractivity contribution < 1.29 is 19.2 Å². The molecule has 11 nitrogen and oxygen atoms in total. The van der Waals surface area contributed by atoms with Crippen molar-refractivity contribution in [3.8, 4) is 11.4 Å². The molecule has 1 aliphatic rings. The summed E-state index contributed by atoms with van der Waals surface area (Å²) in [6.07, 6.45) is 1.74. The zero-order valence-electron chi connectivity index (χ0n) is 23.5. The Morgan fingerprint density at radius 2 is 1.88 bits per heavy atom. The van der Waals surface area contributed by atoms with Crippen molar-refractivity contribution in [3.05, 3.63) is 106 Å². The summed E-state index contributed by atoms with van der Waals surface area (Å²) in [5, 5.41) is 18.8. The summed E-state index contributed by atoms with van der Waals surface area (Å²) >= 11 is 5.86. The molecular formula is C30H30N6O5S. The highest BCUT2D eigenvalue weighted by Gasteiger charge is 2.42. The van der Waals surface area contributed by atoms with E-state index in [4.69, 9.17) is 21.7 Å². The topological polar surface area (TPSA) is 124 Å². The quantitative estimate of drug-likeness (QED) is 0.155. The third kappa shape index (κ3) is 5.41. The number of hydrogen-bond donors (Lipinski definition) is 2. The number of benzene rings is 2. The Kier molecular flexibility index (Phi) is 8.18. The van der Waals surface area contributed by atoms with Crippen LogP contribution in [-0.4, -0.2) is 46.3 Å². The number of ether oxygens (including phenoxy) is 2. The van der Waals surface area contributed by atoms with Crippen LogP contribution in [0.4, 0.5) is 17.1 Å². The highest BCUT2D eigenvalue weighted by atomic mass is 32.1. The number of methoxy groups -OCH3 is 2. The molecule has 2 atom stereocenters. The number of carbonyl (C=O) groups is 1.